The summed E-state index contributed by atoms with van der Waals surface area (Å²) in [6, 6.07) is 7.71. The van der Waals surface area contributed by atoms with Crippen molar-refractivity contribution in [2.45, 2.75) is 32.7 Å². The lowest BCUT2D eigenvalue weighted by molar-refractivity contribution is 0.181. The average Bonchev–Trinajstić information content (AvgIpc) is 2.47. The van der Waals surface area contributed by atoms with Crippen LogP contribution in [0.4, 0.5) is 10.5 Å². The minimum atomic E-state index is 0.00345. The lowest BCUT2D eigenvalue weighted by Crippen LogP contribution is -2.40. The fourth-order valence-corrected chi connectivity index (χ4v) is 2.52. The summed E-state index contributed by atoms with van der Waals surface area (Å²) in [6.45, 7) is 4.44. The van der Waals surface area contributed by atoms with Gasteiger partial charge in [0.05, 0.1) is 0 Å². The van der Waals surface area contributed by atoms with E-state index >= 15 is 0 Å². The van der Waals surface area contributed by atoms with Crippen molar-refractivity contribution in [3.05, 3.63) is 29.8 Å². The van der Waals surface area contributed by atoms with Gasteiger partial charge >= 0.3 is 6.03 Å². The van der Waals surface area contributed by atoms with Crippen LogP contribution in [0.1, 0.15) is 31.7 Å². The molecule has 1 fully saturated rings. The third-order valence-electron chi connectivity index (χ3n) is 3.89. The van der Waals surface area contributed by atoms with Crippen LogP contribution in [-0.4, -0.2) is 24.0 Å². The largest absolute Gasteiger partial charge is 0.326 e. The first-order valence-electron chi connectivity index (χ1n) is 7.08. The first kappa shape index (κ1) is 13.9. The SMILES string of the molecule is CCC1CCN(C(=O)Nc2cccc(CN)c2)CC1. The van der Waals surface area contributed by atoms with Crippen molar-refractivity contribution < 1.29 is 4.79 Å². The predicted molar refractivity (Wildman–Crippen MR) is 77.9 cm³/mol. The van der Waals surface area contributed by atoms with Crippen molar-refractivity contribution >= 4 is 11.7 Å². The first-order valence-corrected chi connectivity index (χ1v) is 7.08. The Kier molecular flexibility index (Phi) is 4.80. The van der Waals surface area contributed by atoms with Crippen LogP contribution in [0.5, 0.6) is 0 Å². The van der Waals surface area contributed by atoms with E-state index in [0.717, 1.165) is 43.1 Å². The number of urea groups is 1. The standard InChI is InChI=1S/C15H23N3O/c1-2-12-6-8-18(9-7-12)15(19)17-14-5-3-4-13(10-14)11-16/h3-5,10,12H,2,6-9,11,16H2,1H3,(H,17,19). The molecule has 0 spiro atoms. The molecule has 1 heterocycles. The van der Waals surface area contributed by atoms with Gasteiger partial charge in [-0.05, 0) is 36.5 Å². The van der Waals surface area contributed by atoms with Crippen LogP contribution in [0, 0.1) is 5.92 Å². The molecule has 19 heavy (non-hydrogen) atoms. The summed E-state index contributed by atoms with van der Waals surface area (Å²) in [5.74, 6) is 0.782. The molecular formula is C15H23N3O. The molecule has 0 unspecified atom stereocenters. The number of nitrogens with two attached hydrogens (primary N) is 1. The summed E-state index contributed by atoms with van der Waals surface area (Å²) in [6.07, 6.45) is 3.45. The molecule has 0 atom stereocenters. The van der Waals surface area contributed by atoms with Gasteiger partial charge in [0, 0.05) is 25.3 Å². The second-order valence-electron chi connectivity index (χ2n) is 5.17. The Labute approximate surface area is 115 Å². The zero-order valence-corrected chi connectivity index (χ0v) is 11.6. The Morgan fingerprint density at radius 3 is 2.79 bits per heavy atom. The Hall–Kier alpha value is -1.55. The van der Waals surface area contributed by atoms with Crippen molar-refractivity contribution in [2.75, 3.05) is 18.4 Å². The minimum Gasteiger partial charge on any atom is -0.326 e. The van der Waals surface area contributed by atoms with Crippen molar-refractivity contribution in [1.82, 2.24) is 4.90 Å². The van der Waals surface area contributed by atoms with Crippen LogP contribution in [0.25, 0.3) is 0 Å². The van der Waals surface area contributed by atoms with Crippen LogP contribution in [0.2, 0.25) is 0 Å². The maximum Gasteiger partial charge on any atom is 0.321 e. The summed E-state index contributed by atoms with van der Waals surface area (Å²) in [5.41, 5.74) is 7.45. The van der Waals surface area contributed by atoms with E-state index in [-0.39, 0.29) is 6.03 Å². The van der Waals surface area contributed by atoms with Crippen LogP contribution in [0.3, 0.4) is 0 Å². The molecule has 104 valence electrons. The highest BCUT2D eigenvalue weighted by Crippen LogP contribution is 2.20. The first-order chi connectivity index (χ1) is 9.22. The van der Waals surface area contributed by atoms with E-state index in [1.165, 1.54) is 6.42 Å². The van der Waals surface area contributed by atoms with Gasteiger partial charge in [0.15, 0.2) is 0 Å². The summed E-state index contributed by atoms with van der Waals surface area (Å²) in [5, 5.41) is 2.95. The lowest BCUT2D eigenvalue weighted by atomic mass is 9.95. The third-order valence-corrected chi connectivity index (χ3v) is 3.89. The Bertz CT molecular complexity index is 425. The van der Waals surface area contributed by atoms with E-state index in [2.05, 4.69) is 12.2 Å². The van der Waals surface area contributed by atoms with Crippen LogP contribution in [0.15, 0.2) is 24.3 Å². The molecule has 3 N–H and O–H groups in total. The molecule has 1 aromatic rings. The van der Waals surface area contributed by atoms with E-state index in [0.29, 0.717) is 6.54 Å². The van der Waals surface area contributed by atoms with Gasteiger partial charge in [-0.1, -0.05) is 25.5 Å². The van der Waals surface area contributed by atoms with Crippen LogP contribution < -0.4 is 11.1 Å². The van der Waals surface area contributed by atoms with Gasteiger partial charge in [-0.2, -0.15) is 0 Å². The topological polar surface area (TPSA) is 58.4 Å². The predicted octanol–water partition coefficient (Wildman–Crippen LogP) is 2.80. The molecule has 4 heteroatoms. The molecule has 0 bridgehead atoms. The molecule has 1 aromatic carbocycles. The number of nitrogens with zero attached hydrogens (tertiary/aromatic N) is 1. The molecule has 0 radical (unpaired) electrons. The number of hydrogen-bond acceptors (Lipinski definition) is 2. The highest BCUT2D eigenvalue weighted by atomic mass is 16.2. The number of likely N-dealkylation sites (tertiary alicyclic amines) is 1. The average molecular weight is 261 g/mol. The second-order valence-corrected chi connectivity index (χ2v) is 5.17. The molecule has 4 nitrogen and oxygen atoms in total. The maximum atomic E-state index is 12.1. The zero-order chi connectivity index (χ0) is 13.7. The molecule has 1 aliphatic rings. The minimum absolute atomic E-state index is 0.00345. The summed E-state index contributed by atoms with van der Waals surface area (Å²) in [7, 11) is 0. The van der Waals surface area contributed by atoms with E-state index in [4.69, 9.17) is 5.73 Å². The third kappa shape index (κ3) is 3.70. The normalized spacial score (nSPS) is 16.4. The molecular weight excluding hydrogens is 238 g/mol. The quantitative estimate of drug-likeness (QED) is 0.879. The lowest BCUT2D eigenvalue weighted by Gasteiger charge is -2.31. The fourth-order valence-electron chi connectivity index (χ4n) is 2.52. The Balaban J connectivity index is 1.90. The smallest absolute Gasteiger partial charge is 0.321 e. The number of anilines is 1. The van der Waals surface area contributed by atoms with Crippen LogP contribution in [-0.2, 0) is 6.54 Å². The molecule has 1 aliphatic heterocycles. The van der Waals surface area contributed by atoms with Gasteiger partial charge in [0.25, 0.3) is 0 Å². The Morgan fingerprint density at radius 2 is 2.16 bits per heavy atom. The number of rotatable bonds is 3. The highest BCUT2D eigenvalue weighted by Gasteiger charge is 2.21. The fraction of sp³-hybridized carbons (Fsp3) is 0.533. The monoisotopic (exact) mass is 261 g/mol. The van der Waals surface area contributed by atoms with E-state index in [1.54, 1.807) is 0 Å². The zero-order valence-electron chi connectivity index (χ0n) is 11.6. The summed E-state index contributed by atoms with van der Waals surface area (Å²) >= 11 is 0. The number of carbonyl (C=O) groups is 1. The number of piperidine rings is 1. The van der Waals surface area contributed by atoms with Gasteiger partial charge in [0.2, 0.25) is 0 Å². The molecule has 0 aliphatic carbocycles. The number of amides is 2. The summed E-state index contributed by atoms with van der Waals surface area (Å²) in [4.78, 5) is 14.0. The van der Waals surface area contributed by atoms with Crippen LogP contribution >= 0.6 is 0 Å². The molecule has 2 amide bonds. The van der Waals surface area contributed by atoms with Gasteiger partial charge in [-0.3, -0.25) is 0 Å². The van der Waals surface area contributed by atoms with Crippen molar-refractivity contribution in [1.29, 1.82) is 0 Å². The molecule has 2 rings (SSSR count). The van der Waals surface area contributed by atoms with E-state index in [9.17, 15) is 4.79 Å². The molecule has 0 aromatic heterocycles. The number of carbonyl (C=O) groups excluding carboxylic acids is 1. The number of hydrogen-bond donors (Lipinski definition) is 2. The maximum absolute atomic E-state index is 12.1. The van der Waals surface area contributed by atoms with Gasteiger partial charge in [-0.25, -0.2) is 4.79 Å². The molecule has 0 saturated carbocycles. The van der Waals surface area contributed by atoms with E-state index in [1.807, 2.05) is 29.2 Å². The number of benzene rings is 1. The van der Waals surface area contributed by atoms with Crippen molar-refractivity contribution in [3.63, 3.8) is 0 Å². The van der Waals surface area contributed by atoms with Crippen molar-refractivity contribution in [3.8, 4) is 0 Å². The van der Waals surface area contributed by atoms with Gasteiger partial charge < -0.3 is 16.0 Å². The van der Waals surface area contributed by atoms with Crippen molar-refractivity contribution in [2.24, 2.45) is 11.7 Å². The molecule has 1 saturated heterocycles. The number of nitrogens with one attached hydrogen (secondary N) is 1. The van der Waals surface area contributed by atoms with E-state index < -0.39 is 0 Å². The second kappa shape index (κ2) is 6.57. The Morgan fingerprint density at radius 1 is 1.42 bits per heavy atom. The van der Waals surface area contributed by atoms with Gasteiger partial charge in [-0.15, -0.1) is 0 Å². The highest BCUT2D eigenvalue weighted by molar-refractivity contribution is 5.89. The summed E-state index contributed by atoms with van der Waals surface area (Å²) < 4.78 is 0. The van der Waals surface area contributed by atoms with Gasteiger partial charge in [0.1, 0.15) is 0 Å².